The van der Waals surface area contributed by atoms with E-state index in [1.807, 2.05) is 6.92 Å². The van der Waals surface area contributed by atoms with Gasteiger partial charge in [0.25, 0.3) is 5.95 Å². The summed E-state index contributed by atoms with van der Waals surface area (Å²) in [5.41, 5.74) is 0.0600. The topological polar surface area (TPSA) is 93.4 Å². The van der Waals surface area contributed by atoms with Crippen LogP contribution in [-0.2, 0) is 0 Å². The molecule has 1 aliphatic rings. The summed E-state index contributed by atoms with van der Waals surface area (Å²) in [6.07, 6.45) is 7.78. The fraction of sp³-hybridized carbons (Fsp3) is 0.615. The first kappa shape index (κ1) is 13.7. The van der Waals surface area contributed by atoms with Crippen LogP contribution in [0.1, 0.15) is 39.5 Å². The fourth-order valence-corrected chi connectivity index (χ4v) is 2.62. The minimum Gasteiger partial charge on any atom is -0.354 e. The molecule has 0 saturated heterocycles. The Morgan fingerprint density at radius 2 is 1.95 bits per heavy atom. The average Bonchev–Trinajstić information content (AvgIpc) is 3.10. The molecule has 0 unspecified atom stereocenters. The molecule has 21 heavy (non-hydrogen) atoms. The highest BCUT2D eigenvalue weighted by atomic mass is 15.4. The van der Waals surface area contributed by atoms with E-state index in [4.69, 9.17) is 0 Å². The Labute approximate surface area is 123 Å². The molecule has 0 atom stereocenters. The van der Waals surface area contributed by atoms with Gasteiger partial charge in [-0.1, -0.05) is 12.8 Å². The van der Waals surface area contributed by atoms with E-state index < -0.39 is 0 Å². The Morgan fingerprint density at radius 1 is 1.19 bits per heavy atom. The second kappa shape index (κ2) is 5.63. The van der Waals surface area contributed by atoms with Gasteiger partial charge < -0.3 is 10.6 Å². The molecule has 2 aromatic heterocycles. The van der Waals surface area contributed by atoms with Gasteiger partial charge in [0.15, 0.2) is 0 Å². The Morgan fingerprint density at radius 3 is 2.62 bits per heavy atom. The van der Waals surface area contributed by atoms with Crippen molar-refractivity contribution in [2.24, 2.45) is 0 Å². The van der Waals surface area contributed by atoms with Gasteiger partial charge in [-0.05, 0) is 26.7 Å². The SMILES string of the molecule is CCNc1nc(NC2(C)CCCC2)nc(-n2cncn2)n1. The number of anilines is 2. The summed E-state index contributed by atoms with van der Waals surface area (Å²) in [6, 6.07) is 0. The third-order valence-electron chi connectivity index (χ3n) is 3.70. The number of rotatable bonds is 5. The fourth-order valence-electron chi connectivity index (χ4n) is 2.62. The maximum atomic E-state index is 4.45. The first-order valence-electron chi connectivity index (χ1n) is 7.32. The van der Waals surface area contributed by atoms with Gasteiger partial charge >= 0.3 is 0 Å². The average molecular weight is 288 g/mol. The zero-order chi connectivity index (χ0) is 14.7. The number of nitrogens with zero attached hydrogens (tertiary/aromatic N) is 6. The Kier molecular flexibility index (Phi) is 3.68. The molecule has 0 spiro atoms. The molecule has 0 amide bonds. The van der Waals surface area contributed by atoms with Crippen LogP contribution in [0.15, 0.2) is 12.7 Å². The summed E-state index contributed by atoms with van der Waals surface area (Å²) in [4.78, 5) is 17.2. The Balaban J connectivity index is 1.91. The van der Waals surface area contributed by atoms with Crippen molar-refractivity contribution in [1.82, 2.24) is 29.7 Å². The van der Waals surface area contributed by atoms with Crippen LogP contribution in [0.25, 0.3) is 5.95 Å². The summed E-state index contributed by atoms with van der Waals surface area (Å²) >= 11 is 0. The molecule has 0 aromatic carbocycles. The molecule has 0 bridgehead atoms. The summed E-state index contributed by atoms with van der Waals surface area (Å²) in [7, 11) is 0. The molecule has 2 heterocycles. The van der Waals surface area contributed by atoms with Gasteiger partial charge in [-0.3, -0.25) is 0 Å². The lowest BCUT2D eigenvalue weighted by Gasteiger charge is -2.25. The lowest BCUT2D eigenvalue weighted by Crippen LogP contribution is -2.32. The van der Waals surface area contributed by atoms with Crippen LogP contribution >= 0.6 is 0 Å². The largest absolute Gasteiger partial charge is 0.354 e. The van der Waals surface area contributed by atoms with Crippen molar-refractivity contribution in [2.75, 3.05) is 17.2 Å². The van der Waals surface area contributed by atoms with Gasteiger partial charge in [0, 0.05) is 12.1 Å². The van der Waals surface area contributed by atoms with Gasteiger partial charge in [-0.25, -0.2) is 4.98 Å². The van der Waals surface area contributed by atoms with E-state index in [2.05, 4.69) is 42.6 Å². The summed E-state index contributed by atoms with van der Waals surface area (Å²) in [6.45, 7) is 4.97. The zero-order valence-corrected chi connectivity index (χ0v) is 12.4. The van der Waals surface area contributed by atoms with Crippen LogP contribution in [0.5, 0.6) is 0 Å². The molecule has 2 aromatic rings. The molecule has 1 fully saturated rings. The smallest absolute Gasteiger partial charge is 0.258 e. The monoisotopic (exact) mass is 288 g/mol. The van der Waals surface area contributed by atoms with Crippen LogP contribution in [0.2, 0.25) is 0 Å². The van der Waals surface area contributed by atoms with Crippen molar-refractivity contribution in [3.8, 4) is 5.95 Å². The van der Waals surface area contributed by atoms with Gasteiger partial charge in [0.05, 0.1) is 0 Å². The predicted molar refractivity (Wildman–Crippen MR) is 79.4 cm³/mol. The maximum Gasteiger partial charge on any atom is 0.258 e. The highest BCUT2D eigenvalue weighted by Crippen LogP contribution is 2.31. The van der Waals surface area contributed by atoms with Gasteiger partial charge in [-0.15, -0.1) is 0 Å². The van der Waals surface area contributed by atoms with Crippen LogP contribution in [0.4, 0.5) is 11.9 Å². The lowest BCUT2D eigenvalue weighted by atomic mass is 10.0. The zero-order valence-electron chi connectivity index (χ0n) is 12.4. The minimum absolute atomic E-state index is 0.0600. The first-order valence-corrected chi connectivity index (χ1v) is 7.32. The molecule has 8 heteroatoms. The molecule has 0 aliphatic heterocycles. The van der Waals surface area contributed by atoms with E-state index in [0.29, 0.717) is 17.8 Å². The van der Waals surface area contributed by atoms with Gasteiger partial charge in [0.2, 0.25) is 11.9 Å². The molecular weight excluding hydrogens is 268 g/mol. The summed E-state index contributed by atoms with van der Waals surface area (Å²) in [5.74, 6) is 1.58. The van der Waals surface area contributed by atoms with Crippen molar-refractivity contribution < 1.29 is 0 Å². The second-order valence-corrected chi connectivity index (χ2v) is 5.55. The van der Waals surface area contributed by atoms with E-state index in [1.54, 1.807) is 6.33 Å². The van der Waals surface area contributed by atoms with Crippen molar-refractivity contribution in [1.29, 1.82) is 0 Å². The molecule has 112 valence electrons. The van der Waals surface area contributed by atoms with E-state index >= 15 is 0 Å². The van der Waals surface area contributed by atoms with Gasteiger partial charge in [-0.2, -0.15) is 24.7 Å². The highest BCUT2D eigenvalue weighted by molar-refractivity contribution is 5.39. The van der Waals surface area contributed by atoms with Crippen LogP contribution in [0.3, 0.4) is 0 Å². The second-order valence-electron chi connectivity index (χ2n) is 5.55. The number of nitrogens with one attached hydrogen (secondary N) is 2. The van der Waals surface area contributed by atoms with Crippen LogP contribution in [0, 0.1) is 0 Å². The predicted octanol–water partition coefficient (Wildman–Crippen LogP) is 1.63. The number of hydrogen-bond donors (Lipinski definition) is 2. The Bertz CT molecular complexity index is 588. The third-order valence-corrected chi connectivity index (χ3v) is 3.70. The lowest BCUT2D eigenvalue weighted by molar-refractivity contribution is 0.527. The Hall–Kier alpha value is -2.25. The van der Waals surface area contributed by atoms with E-state index in [0.717, 1.165) is 19.4 Å². The first-order chi connectivity index (χ1) is 10.2. The van der Waals surface area contributed by atoms with Crippen molar-refractivity contribution in [3.05, 3.63) is 12.7 Å². The quantitative estimate of drug-likeness (QED) is 0.863. The molecule has 1 aliphatic carbocycles. The summed E-state index contributed by atoms with van der Waals surface area (Å²) in [5, 5.41) is 10.7. The highest BCUT2D eigenvalue weighted by Gasteiger charge is 2.29. The third kappa shape index (κ3) is 3.09. The van der Waals surface area contributed by atoms with Crippen molar-refractivity contribution in [2.45, 2.75) is 45.1 Å². The van der Waals surface area contributed by atoms with E-state index in [-0.39, 0.29) is 5.54 Å². The molecule has 2 N–H and O–H groups in total. The van der Waals surface area contributed by atoms with Crippen molar-refractivity contribution in [3.63, 3.8) is 0 Å². The minimum atomic E-state index is 0.0600. The van der Waals surface area contributed by atoms with Crippen molar-refractivity contribution >= 4 is 11.9 Å². The number of aromatic nitrogens is 6. The normalized spacial score (nSPS) is 16.9. The molecule has 0 radical (unpaired) electrons. The van der Waals surface area contributed by atoms with Gasteiger partial charge in [0.1, 0.15) is 12.7 Å². The summed E-state index contributed by atoms with van der Waals surface area (Å²) < 4.78 is 1.53. The molecule has 3 rings (SSSR count). The van der Waals surface area contributed by atoms with E-state index in [1.165, 1.54) is 23.9 Å². The molecular formula is C13H20N8. The molecule has 1 saturated carbocycles. The number of hydrogen-bond acceptors (Lipinski definition) is 7. The maximum absolute atomic E-state index is 4.45. The van der Waals surface area contributed by atoms with E-state index in [9.17, 15) is 0 Å². The molecule has 8 nitrogen and oxygen atoms in total. The van der Waals surface area contributed by atoms with Crippen LogP contribution < -0.4 is 10.6 Å². The van der Waals surface area contributed by atoms with Crippen LogP contribution in [-0.4, -0.2) is 41.8 Å². The standard InChI is InChI=1S/C13H20N8/c1-3-15-10-17-11(20-13(2)6-4-5-7-13)19-12(18-10)21-9-14-8-16-21/h8-9H,3-7H2,1-2H3,(H2,15,17,18,19,20).